The fraction of sp³-hybridized carbons (Fsp3) is 0.588. The maximum atomic E-state index is 12.8. The molecule has 2 aliphatic heterocycles. The van der Waals surface area contributed by atoms with Gasteiger partial charge in [-0.1, -0.05) is 0 Å². The highest BCUT2D eigenvalue weighted by Crippen LogP contribution is 2.27. The summed E-state index contributed by atoms with van der Waals surface area (Å²) in [5.74, 6) is 0.418. The number of fused-ring (bicyclic) bond motifs is 1. The van der Waals surface area contributed by atoms with Crippen LogP contribution in [0.25, 0.3) is 10.2 Å². The number of ether oxygens (including phenoxy) is 1. The first-order valence-electron chi connectivity index (χ1n) is 8.67. The smallest absolute Gasteiger partial charge is 0.262 e. The first kappa shape index (κ1) is 16.7. The first-order chi connectivity index (χ1) is 12.0. The van der Waals surface area contributed by atoms with Crippen LogP contribution >= 0.6 is 11.3 Å². The van der Waals surface area contributed by atoms with Crippen molar-refractivity contribution in [3.8, 4) is 0 Å². The van der Waals surface area contributed by atoms with E-state index in [0.29, 0.717) is 39.7 Å². The molecule has 2 aliphatic rings. The van der Waals surface area contributed by atoms with Crippen LogP contribution in [-0.4, -0.2) is 59.2 Å². The second-order valence-corrected chi connectivity index (χ2v) is 7.81. The van der Waals surface area contributed by atoms with Crippen molar-refractivity contribution in [1.29, 1.82) is 0 Å². The zero-order valence-corrected chi connectivity index (χ0v) is 15.2. The van der Waals surface area contributed by atoms with Crippen LogP contribution in [0.3, 0.4) is 0 Å². The number of H-pyrrole nitrogens is 1. The maximum absolute atomic E-state index is 12.8. The largest absolute Gasteiger partial charge is 0.378 e. The Balaban J connectivity index is 1.59. The highest BCUT2D eigenvalue weighted by Gasteiger charge is 2.36. The molecule has 4 heterocycles. The van der Waals surface area contributed by atoms with Gasteiger partial charge in [-0.2, -0.15) is 0 Å². The third-order valence-electron chi connectivity index (χ3n) is 5.10. The minimum atomic E-state index is -0.186. The van der Waals surface area contributed by atoms with E-state index in [4.69, 9.17) is 4.74 Å². The SMILES string of the molecule is Cc1nc2sc(C(=O)N[C@H]3COC[C@@H]3N3CCCC3)c(C)c2c(=O)[nH]1. The van der Waals surface area contributed by atoms with Gasteiger partial charge in [0.15, 0.2) is 0 Å². The molecule has 0 radical (unpaired) electrons. The van der Waals surface area contributed by atoms with Crippen molar-refractivity contribution in [3.05, 3.63) is 26.6 Å². The average Bonchev–Trinajstić information content (AvgIpc) is 3.26. The zero-order valence-electron chi connectivity index (χ0n) is 14.4. The molecule has 0 unspecified atom stereocenters. The number of aromatic amines is 1. The molecule has 0 aliphatic carbocycles. The molecule has 0 aromatic carbocycles. The Kier molecular flexibility index (Phi) is 4.35. The molecule has 134 valence electrons. The van der Waals surface area contributed by atoms with Gasteiger partial charge in [-0.25, -0.2) is 4.98 Å². The van der Waals surface area contributed by atoms with E-state index in [9.17, 15) is 9.59 Å². The molecule has 2 N–H and O–H groups in total. The van der Waals surface area contributed by atoms with Gasteiger partial charge in [-0.15, -0.1) is 11.3 Å². The number of aromatic nitrogens is 2. The quantitative estimate of drug-likeness (QED) is 0.857. The fourth-order valence-electron chi connectivity index (χ4n) is 3.82. The van der Waals surface area contributed by atoms with E-state index < -0.39 is 0 Å². The van der Waals surface area contributed by atoms with E-state index in [1.807, 2.05) is 6.92 Å². The molecule has 2 aromatic rings. The van der Waals surface area contributed by atoms with Gasteiger partial charge < -0.3 is 15.0 Å². The summed E-state index contributed by atoms with van der Waals surface area (Å²) in [7, 11) is 0. The monoisotopic (exact) mass is 362 g/mol. The van der Waals surface area contributed by atoms with Gasteiger partial charge >= 0.3 is 0 Å². The number of nitrogens with zero attached hydrogens (tertiary/aromatic N) is 2. The van der Waals surface area contributed by atoms with Gasteiger partial charge in [0.2, 0.25) is 0 Å². The second-order valence-electron chi connectivity index (χ2n) is 6.82. The van der Waals surface area contributed by atoms with Gasteiger partial charge in [0.25, 0.3) is 11.5 Å². The van der Waals surface area contributed by atoms with Gasteiger partial charge in [0.1, 0.15) is 10.7 Å². The summed E-state index contributed by atoms with van der Waals surface area (Å²) < 4.78 is 5.62. The van der Waals surface area contributed by atoms with Crippen LogP contribution in [0.1, 0.15) is 33.9 Å². The lowest BCUT2D eigenvalue weighted by Gasteiger charge is -2.27. The molecule has 8 heteroatoms. The van der Waals surface area contributed by atoms with Crippen molar-refractivity contribution in [2.24, 2.45) is 0 Å². The standard InChI is InChI=1S/C17H22N4O3S/c1-9-13-15(22)18-10(2)19-17(13)25-14(9)16(23)20-11-7-24-8-12(11)21-5-3-4-6-21/h11-12H,3-8H2,1-2H3,(H,20,23)(H,18,19,22)/t11-,12-/m0/s1. The number of aryl methyl sites for hydroxylation is 2. The Labute approximate surface area is 149 Å². The van der Waals surface area contributed by atoms with Crippen molar-refractivity contribution < 1.29 is 9.53 Å². The molecule has 2 saturated heterocycles. The first-order valence-corrected chi connectivity index (χ1v) is 9.49. The highest BCUT2D eigenvalue weighted by atomic mass is 32.1. The third kappa shape index (κ3) is 2.98. The topological polar surface area (TPSA) is 87.3 Å². The summed E-state index contributed by atoms with van der Waals surface area (Å²) in [6.07, 6.45) is 2.42. The number of likely N-dealkylation sites (tertiary alicyclic amines) is 1. The van der Waals surface area contributed by atoms with Crippen molar-refractivity contribution in [2.75, 3.05) is 26.3 Å². The molecule has 0 spiro atoms. The normalized spacial score (nSPS) is 24.2. The van der Waals surface area contributed by atoms with Crippen molar-refractivity contribution in [3.63, 3.8) is 0 Å². The zero-order chi connectivity index (χ0) is 17.6. The van der Waals surface area contributed by atoms with Crippen LogP contribution < -0.4 is 10.9 Å². The Morgan fingerprint density at radius 2 is 2.08 bits per heavy atom. The molecule has 1 amide bonds. The van der Waals surface area contributed by atoms with Gasteiger partial charge in [-0.05, 0) is 45.3 Å². The van der Waals surface area contributed by atoms with Gasteiger partial charge in [0.05, 0.1) is 35.6 Å². The number of hydrogen-bond donors (Lipinski definition) is 2. The summed E-state index contributed by atoms with van der Waals surface area (Å²) in [5, 5.41) is 3.64. The maximum Gasteiger partial charge on any atom is 0.262 e. The predicted molar refractivity (Wildman–Crippen MR) is 96.4 cm³/mol. The Bertz CT molecular complexity index is 869. The number of carbonyl (C=O) groups is 1. The van der Waals surface area contributed by atoms with Crippen LogP contribution in [0.15, 0.2) is 4.79 Å². The van der Waals surface area contributed by atoms with Crippen molar-refractivity contribution in [1.82, 2.24) is 20.2 Å². The average molecular weight is 362 g/mol. The van der Waals surface area contributed by atoms with Crippen molar-refractivity contribution >= 4 is 27.5 Å². The molecular formula is C17H22N4O3S. The van der Waals surface area contributed by atoms with E-state index in [2.05, 4.69) is 20.2 Å². The van der Waals surface area contributed by atoms with Crippen LogP contribution in [0.5, 0.6) is 0 Å². The van der Waals surface area contributed by atoms with Gasteiger partial charge in [0, 0.05) is 0 Å². The van der Waals surface area contributed by atoms with E-state index in [1.165, 1.54) is 24.2 Å². The molecule has 2 atom stereocenters. The van der Waals surface area contributed by atoms with Gasteiger partial charge in [-0.3, -0.25) is 14.5 Å². The number of hydrogen-bond acceptors (Lipinski definition) is 6. The number of nitrogens with one attached hydrogen (secondary N) is 2. The molecule has 7 nitrogen and oxygen atoms in total. The Morgan fingerprint density at radius 1 is 1.32 bits per heavy atom. The minimum absolute atomic E-state index is 0.0109. The number of amides is 1. The lowest BCUT2D eigenvalue weighted by molar-refractivity contribution is 0.0920. The molecule has 2 fully saturated rings. The summed E-state index contributed by atoms with van der Waals surface area (Å²) in [4.78, 5) is 35.7. The summed E-state index contributed by atoms with van der Waals surface area (Å²) >= 11 is 1.28. The van der Waals surface area contributed by atoms with Crippen LogP contribution in [0.4, 0.5) is 0 Å². The third-order valence-corrected chi connectivity index (χ3v) is 6.29. The summed E-state index contributed by atoms with van der Waals surface area (Å²) in [6.45, 7) is 6.89. The molecule has 0 saturated carbocycles. The van der Waals surface area contributed by atoms with E-state index >= 15 is 0 Å². The fourth-order valence-corrected chi connectivity index (χ4v) is 4.95. The van der Waals surface area contributed by atoms with Crippen LogP contribution in [-0.2, 0) is 4.74 Å². The number of carbonyl (C=O) groups excluding carboxylic acids is 1. The summed E-state index contributed by atoms with van der Waals surface area (Å²) in [6, 6.07) is 0.230. The molecule has 4 rings (SSSR count). The van der Waals surface area contributed by atoms with E-state index in [0.717, 1.165) is 13.1 Å². The predicted octanol–water partition coefficient (Wildman–Crippen LogP) is 1.19. The highest BCUT2D eigenvalue weighted by molar-refractivity contribution is 7.20. The molecule has 25 heavy (non-hydrogen) atoms. The van der Waals surface area contributed by atoms with Crippen LogP contribution in [0.2, 0.25) is 0 Å². The lowest BCUT2D eigenvalue weighted by atomic mass is 10.1. The second kappa shape index (κ2) is 6.51. The molecular weight excluding hydrogens is 340 g/mol. The minimum Gasteiger partial charge on any atom is -0.378 e. The van der Waals surface area contributed by atoms with Crippen molar-refractivity contribution in [2.45, 2.75) is 38.8 Å². The van der Waals surface area contributed by atoms with E-state index in [1.54, 1.807) is 6.92 Å². The van der Waals surface area contributed by atoms with E-state index in [-0.39, 0.29) is 23.6 Å². The number of rotatable bonds is 3. The summed E-state index contributed by atoms with van der Waals surface area (Å²) in [5.41, 5.74) is 0.511. The molecule has 0 bridgehead atoms. The molecule has 2 aromatic heterocycles. The Hall–Kier alpha value is -1.77. The number of thiophene rings is 1. The lowest BCUT2D eigenvalue weighted by Crippen LogP contribution is -2.50. The Morgan fingerprint density at radius 3 is 2.84 bits per heavy atom. The van der Waals surface area contributed by atoms with Crippen LogP contribution in [0, 0.1) is 13.8 Å².